The lowest BCUT2D eigenvalue weighted by molar-refractivity contribution is -0.192. The van der Waals surface area contributed by atoms with Gasteiger partial charge in [-0.05, 0) is 41.7 Å². The number of rotatable bonds is 16. The summed E-state index contributed by atoms with van der Waals surface area (Å²) in [5.41, 5.74) is 7.18. The lowest BCUT2D eigenvalue weighted by Crippen LogP contribution is -2.54. The molecule has 1 aliphatic heterocycles. The van der Waals surface area contributed by atoms with Gasteiger partial charge in [-0.2, -0.15) is 13.2 Å². The van der Waals surface area contributed by atoms with E-state index >= 15 is 4.39 Å². The summed E-state index contributed by atoms with van der Waals surface area (Å²) in [5.74, 6) is -9.43. The molecule has 21 heteroatoms. The van der Waals surface area contributed by atoms with E-state index in [9.17, 15) is 56.5 Å². The molecule has 0 bridgehead atoms. The largest absolute Gasteiger partial charge is 0.490 e. The Morgan fingerprint density at radius 2 is 1.52 bits per heavy atom. The summed E-state index contributed by atoms with van der Waals surface area (Å²) in [5, 5.41) is 31.4. The molecule has 0 saturated carbocycles. The van der Waals surface area contributed by atoms with Crippen LogP contribution in [-0.4, -0.2) is 116 Å². The van der Waals surface area contributed by atoms with Gasteiger partial charge in [0.15, 0.2) is 0 Å². The summed E-state index contributed by atoms with van der Waals surface area (Å²) in [4.78, 5) is 85.1. The van der Waals surface area contributed by atoms with Crippen LogP contribution < -0.4 is 16.4 Å². The highest BCUT2D eigenvalue weighted by Crippen LogP contribution is 2.41. The van der Waals surface area contributed by atoms with Gasteiger partial charge in [-0.15, -0.1) is 0 Å². The van der Waals surface area contributed by atoms with Crippen LogP contribution in [-0.2, 0) is 40.1 Å². The SMILES string of the molecule is CC(C)(C)C(c1cc(-c2cc(F)ccc2F)cn1Cc1ccccc1)N(CCC(N)C(=O)NC(CNC(=O)CN1C(=O)C=CC1=O)C(=O)O)C(=O)CO.O=C(O)C(F)(F)F. The van der Waals surface area contributed by atoms with Gasteiger partial charge >= 0.3 is 18.1 Å². The van der Waals surface area contributed by atoms with Crippen LogP contribution in [0, 0.1) is 17.0 Å². The number of aromatic nitrogens is 1. The number of nitrogens with zero attached hydrogens (tertiary/aromatic N) is 3. The zero-order chi connectivity index (χ0) is 45.1. The van der Waals surface area contributed by atoms with Gasteiger partial charge < -0.3 is 41.2 Å². The van der Waals surface area contributed by atoms with E-state index in [0.717, 1.165) is 35.9 Å². The molecule has 60 heavy (non-hydrogen) atoms. The zero-order valence-electron chi connectivity index (χ0n) is 32.4. The minimum Gasteiger partial charge on any atom is -0.480 e. The van der Waals surface area contributed by atoms with Gasteiger partial charge in [-0.3, -0.25) is 28.9 Å². The average Bonchev–Trinajstić information content (AvgIpc) is 3.72. The predicted octanol–water partition coefficient (Wildman–Crippen LogP) is 2.35. The van der Waals surface area contributed by atoms with Crippen LogP contribution in [0.4, 0.5) is 22.0 Å². The number of hydrogen-bond acceptors (Lipinski definition) is 9. The molecule has 2 heterocycles. The second kappa shape index (κ2) is 20.5. The average molecular weight is 851 g/mol. The number of aliphatic carboxylic acids is 2. The fourth-order valence-electron chi connectivity index (χ4n) is 5.99. The number of alkyl halides is 3. The summed E-state index contributed by atoms with van der Waals surface area (Å²) in [7, 11) is 0. The first-order chi connectivity index (χ1) is 27.9. The van der Waals surface area contributed by atoms with Crippen molar-refractivity contribution in [2.75, 3.05) is 26.2 Å². The molecule has 3 unspecified atom stereocenters. The Morgan fingerprint density at radius 3 is 2.05 bits per heavy atom. The molecule has 324 valence electrons. The Labute approximate surface area is 339 Å². The molecule has 5 amide bonds. The Bertz CT molecular complexity index is 2080. The Morgan fingerprint density at radius 1 is 0.917 bits per heavy atom. The predicted molar refractivity (Wildman–Crippen MR) is 201 cm³/mol. The number of carboxylic acid groups (broad SMARTS) is 2. The summed E-state index contributed by atoms with van der Waals surface area (Å²) >= 11 is 0. The van der Waals surface area contributed by atoms with Crippen molar-refractivity contribution in [3.05, 3.63) is 95.8 Å². The van der Waals surface area contributed by atoms with Crippen LogP contribution >= 0.6 is 0 Å². The van der Waals surface area contributed by atoms with Crippen LogP contribution in [0.25, 0.3) is 11.1 Å². The maximum absolute atomic E-state index is 15.0. The number of imide groups is 1. The van der Waals surface area contributed by atoms with Crippen molar-refractivity contribution in [1.29, 1.82) is 0 Å². The van der Waals surface area contributed by atoms with E-state index in [0.29, 0.717) is 16.2 Å². The molecule has 0 fully saturated rings. The van der Waals surface area contributed by atoms with Crippen molar-refractivity contribution < 1.29 is 70.8 Å². The maximum Gasteiger partial charge on any atom is 0.490 e. The number of aliphatic hydroxyl groups excluding tert-OH is 1. The molecule has 7 N–H and O–H groups in total. The number of nitrogens with two attached hydrogens (primary N) is 1. The first kappa shape index (κ1) is 47.9. The summed E-state index contributed by atoms with van der Waals surface area (Å²) in [6.07, 6.45) is -1.64. The van der Waals surface area contributed by atoms with Crippen LogP contribution in [0.5, 0.6) is 0 Å². The first-order valence-corrected chi connectivity index (χ1v) is 17.9. The Balaban J connectivity index is 0.00000126. The number of carbonyl (C=O) groups excluding carboxylic acids is 5. The monoisotopic (exact) mass is 850 g/mol. The molecule has 0 spiro atoms. The number of carboxylic acids is 2. The quantitative estimate of drug-likeness (QED) is 0.0903. The lowest BCUT2D eigenvalue weighted by atomic mass is 9.82. The van der Waals surface area contributed by atoms with Crippen LogP contribution in [0.15, 0.2) is 72.9 Å². The fraction of sp³-hybridized carbons (Fsp3) is 0.359. The maximum atomic E-state index is 15.0. The fourth-order valence-corrected chi connectivity index (χ4v) is 5.99. The number of amides is 5. The van der Waals surface area contributed by atoms with E-state index in [-0.39, 0.29) is 25.1 Å². The normalized spacial score (nSPS) is 14.1. The number of hydrogen-bond donors (Lipinski definition) is 6. The lowest BCUT2D eigenvalue weighted by Gasteiger charge is -2.41. The molecule has 0 saturated heterocycles. The van der Waals surface area contributed by atoms with Gasteiger partial charge in [-0.25, -0.2) is 18.4 Å². The van der Waals surface area contributed by atoms with Crippen molar-refractivity contribution in [3.8, 4) is 11.1 Å². The summed E-state index contributed by atoms with van der Waals surface area (Å²) in [6, 6.07) is 10.3. The zero-order valence-corrected chi connectivity index (χ0v) is 32.4. The summed E-state index contributed by atoms with van der Waals surface area (Å²) in [6.45, 7) is 3.51. The highest BCUT2D eigenvalue weighted by Gasteiger charge is 2.39. The molecule has 2 aromatic carbocycles. The number of benzene rings is 2. The van der Waals surface area contributed by atoms with E-state index in [4.69, 9.17) is 15.6 Å². The third-order valence-electron chi connectivity index (χ3n) is 8.81. The van der Waals surface area contributed by atoms with E-state index < -0.39 is 103 Å². The minimum absolute atomic E-state index is 0.00338. The van der Waals surface area contributed by atoms with Crippen molar-refractivity contribution >= 4 is 41.5 Å². The summed E-state index contributed by atoms with van der Waals surface area (Å²) < 4.78 is 62.8. The van der Waals surface area contributed by atoms with E-state index in [1.54, 1.807) is 12.3 Å². The van der Waals surface area contributed by atoms with Gasteiger partial charge in [0.2, 0.25) is 17.7 Å². The Hall–Kier alpha value is -6.48. The van der Waals surface area contributed by atoms with Crippen LogP contribution in [0.1, 0.15) is 44.5 Å². The topological polar surface area (TPSA) is 242 Å². The molecular weight excluding hydrogens is 807 g/mol. The second-order valence-electron chi connectivity index (χ2n) is 14.4. The van der Waals surface area contributed by atoms with Crippen molar-refractivity contribution in [2.24, 2.45) is 11.1 Å². The Kier molecular flexibility index (Phi) is 16.3. The molecule has 0 aliphatic carbocycles. The standard InChI is InChI=1S/C37H42F2N6O8.C2HF3O2/c1-37(2,3)34(29-15-23(25-16-24(38)9-10-26(25)39)19-43(29)18-22-7-5-4-6-8-22)44(33(50)21-46)14-13-27(40)35(51)42-28(36(52)53)17-41-30(47)20-45-31(48)11-12-32(45)49;3-2(4,5)1(6)7/h4-12,15-16,19,27-28,34,46H,13-14,17-18,20-21,40H2,1-3H3,(H,41,47)(H,42,51)(H,52,53);(H,6,7). The molecule has 3 aromatic rings. The molecule has 1 aliphatic rings. The smallest absolute Gasteiger partial charge is 0.480 e. The number of aliphatic hydroxyl groups is 1. The molecule has 0 radical (unpaired) electrons. The van der Waals surface area contributed by atoms with E-state index in [2.05, 4.69) is 10.6 Å². The number of carbonyl (C=O) groups is 7. The third kappa shape index (κ3) is 13.3. The van der Waals surface area contributed by atoms with Crippen LogP contribution in [0.3, 0.4) is 0 Å². The minimum atomic E-state index is -5.08. The van der Waals surface area contributed by atoms with Gasteiger partial charge in [0.1, 0.15) is 30.8 Å². The molecule has 4 rings (SSSR count). The number of halogens is 5. The van der Waals surface area contributed by atoms with Crippen molar-refractivity contribution in [3.63, 3.8) is 0 Å². The molecule has 16 nitrogen and oxygen atoms in total. The number of nitrogens with one attached hydrogen (secondary N) is 2. The first-order valence-electron chi connectivity index (χ1n) is 17.9. The van der Waals surface area contributed by atoms with Crippen LogP contribution in [0.2, 0.25) is 0 Å². The molecule has 3 atom stereocenters. The highest BCUT2D eigenvalue weighted by atomic mass is 19.4. The van der Waals surface area contributed by atoms with Gasteiger partial charge in [0, 0.05) is 54.8 Å². The van der Waals surface area contributed by atoms with Gasteiger partial charge in [0.05, 0.1) is 12.1 Å². The van der Waals surface area contributed by atoms with E-state index in [1.165, 1.54) is 4.90 Å². The van der Waals surface area contributed by atoms with Gasteiger partial charge in [0.25, 0.3) is 11.8 Å². The van der Waals surface area contributed by atoms with Gasteiger partial charge in [-0.1, -0.05) is 51.1 Å². The third-order valence-corrected chi connectivity index (χ3v) is 8.81. The molecular formula is C39H43F5N6O10. The van der Waals surface area contributed by atoms with Crippen molar-refractivity contribution in [1.82, 2.24) is 25.0 Å². The van der Waals surface area contributed by atoms with E-state index in [1.807, 2.05) is 55.7 Å². The van der Waals surface area contributed by atoms with Crippen molar-refractivity contribution in [2.45, 2.75) is 58.0 Å². The molecule has 1 aromatic heterocycles. The second-order valence-corrected chi connectivity index (χ2v) is 14.4. The highest BCUT2D eigenvalue weighted by molar-refractivity contribution is 6.14.